The summed E-state index contributed by atoms with van der Waals surface area (Å²) in [4.78, 5) is 22.3. The van der Waals surface area contributed by atoms with Gasteiger partial charge in [-0.1, -0.05) is 62.9 Å². The van der Waals surface area contributed by atoms with Crippen LogP contribution in [-0.4, -0.2) is 29.5 Å². The molecule has 40 heavy (non-hydrogen) atoms. The molecule has 7 aromatic rings. The highest BCUT2D eigenvalue weighted by atomic mass is 79.9. The lowest BCUT2D eigenvalue weighted by atomic mass is 10.1. The van der Waals surface area contributed by atoms with E-state index in [0.29, 0.717) is 44.3 Å². The van der Waals surface area contributed by atoms with Crippen molar-refractivity contribution in [2.24, 2.45) is 0 Å². The van der Waals surface area contributed by atoms with Gasteiger partial charge in [0.2, 0.25) is 5.89 Å². The van der Waals surface area contributed by atoms with Crippen molar-refractivity contribution >= 4 is 83.3 Å². The molecule has 7 rings (SSSR count). The summed E-state index contributed by atoms with van der Waals surface area (Å²) in [6.45, 7) is 0.298. The Bertz CT molecular complexity index is 2190. The number of benzene rings is 3. The van der Waals surface area contributed by atoms with E-state index in [0.717, 1.165) is 26.1 Å². The summed E-state index contributed by atoms with van der Waals surface area (Å²) in [7, 11) is 0. The highest BCUT2D eigenvalue weighted by Crippen LogP contribution is 2.34. The summed E-state index contributed by atoms with van der Waals surface area (Å²) < 4.78 is 9.88. The van der Waals surface area contributed by atoms with Crippen LogP contribution in [0.5, 0.6) is 0 Å². The minimum atomic E-state index is -0.585. The molecule has 0 bridgehead atoms. The van der Waals surface area contributed by atoms with Crippen molar-refractivity contribution in [2.45, 2.75) is 6.54 Å². The SMILES string of the molecule is O=c1oc(-c2cc(Cn3ncc4c(Cl)cccc43)nn2-c2ncccc2Cl)nc2c(Cl)c3ccc(Br)cc3cc12. The van der Waals surface area contributed by atoms with Crippen LogP contribution in [0.4, 0.5) is 0 Å². The third-order valence-electron chi connectivity index (χ3n) is 6.50. The molecule has 8 nitrogen and oxygen atoms in total. The van der Waals surface area contributed by atoms with Crippen LogP contribution in [-0.2, 0) is 6.54 Å². The largest absolute Gasteiger partial charge is 0.401 e. The number of halogens is 4. The predicted molar refractivity (Wildman–Crippen MR) is 160 cm³/mol. The number of rotatable bonds is 4. The zero-order valence-corrected chi connectivity index (χ0v) is 24.0. The van der Waals surface area contributed by atoms with E-state index in [1.54, 1.807) is 41.3 Å². The second kappa shape index (κ2) is 9.71. The normalized spacial score (nSPS) is 11.7. The Labute approximate surface area is 248 Å². The fourth-order valence-corrected chi connectivity index (χ4v) is 5.78. The van der Waals surface area contributed by atoms with Gasteiger partial charge in [-0.3, -0.25) is 4.68 Å². The predicted octanol–water partition coefficient (Wildman–Crippen LogP) is 7.71. The van der Waals surface area contributed by atoms with Crippen LogP contribution < -0.4 is 5.63 Å². The quantitative estimate of drug-likeness (QED) is 0.181. The van der Waals surface area contributed by atoms with E-state index in [1.165, 1.54) is 4.68 Å². The van der Waals surface area contributed by atoms with Crippen LogP contribution in [0.1, 0.15) is 5.69 Å². The van der Waals surface area contributed by atoms with E-state index in [-0.39, 0.29) is 11.3 Å². The molecule has 3 aromatic carbocycles. The maximum atomic E-state index is 13.2. The molecule has 0 N–H and O–H groups in total. The molecule has 196 valence electrons. The molecule has 0 fully saturated rings. The van der Waals surface area contributed by atoms with Crippen molar-refractivity contribution in [3.8, 4) is 17.4 Å². The number of nitrogens with zero attached hydrogens (tertiary/aromatic N) is 6. The molecule has 0 amide bonds. The highest BCUT2D eigenvalue weighted by molar-refractivity contribution is 9.10. The van der Waals surface area contributed by atoms with Crippen LogP contribution in [0.15, 0.2) is 86.7 Å². The van der Waals surface area contributed by atoms with Crippen molar-refractivity contribution in [3.63, 3.8) is 0 Å². The van der Waals surface area contributed by atoms with Crippen LogP contribution in [0, 0.1) is 0 Å². The van der Waals surface area contributed by atoms with Crippen molar-refractivity contribution in [3.05, 3.63) is 109 Å². The van der Waals surface area contributed by atoms with Gasteiger partial charge in [0.25, 0.3) is 0 Å². The van der Waals surface area contributed by atoms with Crippen LogP contribution in [0.25, 0.3) is 50.0 Å². The molecule has 0 aliphatic rings. The number of hydrogen-bond acceptors (Lipinski definition) is 6. The van der Waals surface area contributed by atoms with E-state index >= 15 is 0 Å². The average Bonchev–Trinajstić information content (AvgIpc) is 3.55. The minimum absolute atomic E-state index is 0.0182. The lowest BCUT2D eigenvalue weighted by molar-refractivity contribution is 0.513. The van der Waals surface area contributed by atoms with Gasteiger partial charge in [-0.25, -0.2) is 19.4 Å². The van der Waals surface area contributed by atoms with Gasteiger partial charge in [0.1, 0.15) is 11.2 Å². The molecule has 0 atom stereocenters. The summed E-state index contributed by atoms with van der Waals surface area (Å²) in [5.41, 5.74) is 1.55. The zero-order chi connectivity index (χ0) is 27.5. The van der Waals surface area contributed by atoms with Gasteiger partial charge in [-0.15, -0.1) is 0 Å². The summed E-state index contributed by atoms with van der Waals surface area (Å²) in [5, 5.41) is 13.2. The van der Waals surface area contributed by atoms with Crippen molar-refractivity contribution in [1.82, 2.24) is 29.5 Å². The monoisotopic (exact) mass is 650 g/mol. The van der Waals surface area contributed by atoms with Gasteiger partial charge in [0, 0.05) is 21.4 Å². The Hall–Kier alpha value is -3.76. The molecule has 0 saturated heterocycles. The fourth-order valence-electron chi connectivity index (χ4n) is 4.67. The minimum Gasteiger partial charge on any atom is -0.401 e. The molecule has 4 heterocycles. The standard InChI is InChI=1S/C28H14BrCl3N6O2/c29-15-6-7-17-14(9-15)10-18-25(24(17)32)35-27(40-28(18)39)23-11-16(36-38(23)26-21(31)4-2-8-33-26)13-37-22-5-1-3-20(30)19(22)12-34-37/h1-12H,13H2. The fraction of sp³-hybridized carbons (Fsp3) is 0.0357. The molecule has 0 unspecified atom stereocenters. The van der Waals surface area contributed by atoms with Crippen LogP contribution in [0.3, 0.4) is 0 Å². The molecule has 4 aromatic heterocycles. The number of aromatic nitrogens is 6. The number of fused-ring (bicyclic) bond motifs is 3. The van der Waals surface area contributed by atoms with Crippen LogP contribution >= 0.6 is 50.7 Å². The van der Waals surface area contributed by atoms with Crippen molar-refractivity contribution in [1.29, 1.82) is 0 Å². The van der Waals surface area contributed by atoms with E-state index < -0.39 is 5.63 Å². The first kappa shape index (κ1) is 25.2. The smallest absolute Gasteiger partial charge is 0.347 e. The second-order valence-electron chi connectivity index (χ2n) is 8.98. The van der Waals surface area contributed by atoms with Gasteiger partial charge in [0.05, 0.1) is 44.4 Å². The average molecular weight is 653 g/mol. The maximum Gasteiger partial charge on any atom is 0.347 e. The molecule has 0 aliphatic heterocycles. The topological polar surface area (TPSA) is 91.6 Å². The highest BCUT2D eigenvalue weighted by Gasteiger charge is 2.22. The molecular formula is C28H14BrCl3N6O2. The second-order valence-corrected chi connectivity index (χ2v) is 11.1. The Morgan fingerprint density at radius 1 is 0.925 bits per heavy atom. The zero-order valence-electron chi connectivity index (χ0n) is 20.1. The Balaban J connectivity index is 1.43. The summed E-state index contributed by atoms with van der Waals surface area (Å²) >= 11 is 23.1. The summed E-state index contributed by atoms with van der Waals surface area (Å²) in [6, 6.07) is 18.1. The van der Waals surface area contributed by atoms with E-state index in [4.69, 9.17) is 44.3 Å². The Morgan fingerprint density at radius 2 is 1.77 bits per heavy atom. The third-order valence-corrected chi connectivity index (χ3v) is 8.00. The number of hydrogen-bond donors (Lipinski definition) is 0. The number of pyridine rings is 1. The lowest BCUT2D eigenvalue weighted by Crippen LogP contribution is -2.08. The van der Waals surface area contributed by atoms with Gasteiger partial charge in [0.15, 0.2) is 5.82 Å². The Morgan fingerprint density at radius 3 is 2.62 bits per heavy atom. The van der Waals surface area contributed by atoms with Gasteiger partial charge in [-0.2, -0.15) is 10.2 Å². The first-order chi connectivity index (χ1) is 19.4. The third kappa shape index (κ3) is 4.17. The lowest BCUT2D eigenvalue weighted by Gasteiger charge is -2.09. The summed E-state index contributed by atoms with van der Waals surface area (Å²) in [6.07, 6.45) is 3.31. The van der Waals surface area contributed by atoms with Crippen molar-refractivity contribution < 1.29 is 4.42 Å². The van der Waals surface area contributed by atoms with E-state index in [2.05, 4.69) is 31.0 Å². The van der Waals surface area contributed by atoms with Gasteiger partial charge in [-0.05, 0) is 53.9 Å². The maximum absolute atomic E-state index is 13.2. The molecular weight excluding hydrogens is 639 g/mol. The molecule has 12 heteroatoms. The molecule has 0 saturated carbocycles. The first-order valence-electron chi connectivity index (χ1n) is 11.9. The summed E-state index contributed by atoms with van der Waals surface area (Å²) in [5.74, 6) is 0.363. The van der Waals surface area contributed by atoms with Crippen molar-refractivity contribution in [2.75, 3.05) is 0 Å². The van der Waals surface area contributed by atoms with Crippen LogP contribution in [0.2, 0.25) is 15.1 Å². The van der Waals surface area contributed by atoms with E-state index in [9.17, 15) is 4.79 Å². The first-order valence-corrected chi connectivity index (χ1v) is 13.8. The van der Waals surface area contributed by atoms with E-state index in [1.807, 2.05) is 36.4 Å². The molecule has 0 radical (unpaired) electrons. The van der Waals surface area contributed by atoms with Gasteiger partial charge >= 0.3 is 5.63 Å². The molecule has 0 aliphatic carbocycles. The van der Waals surface area contributed by atoms with Gasteiger partial charge < -0.3 is 4.42 Å². The Kier molecular flexibility index (Phi) is 6.12. The molecule has 0 spiro atoms.